The van der Waals surface area contributed by atoms with Crippen molar-refractivity contribution in [3.8, 4) is 0 Å². The Kier molecular flexibility index (Phi) is 6.55. The van der Waals surface area contributed by atoms with Gasteiger partial charge in [0.1, 0.15) is 6.04 Å². The lowest BCUT2D eigenvalue weighted by Crippen LogP contribution is -2.49. The van der Waals surface area contributed by atoms with Gasteiger partial charge < -0.3 is 20.8 Å². The van der Waals surface area contributed by atoms with Crippen molar-refractivity contribution in [1.29, 1.82) is 0 Å². The van der Waals surface area contributed by atoms with Gasteiger partial charge in [0.05, 0.1) is 0 Å². The molecule has 0 radical (unpaired) electrons. The quantitative estimate of drug-likeness (QED) is 0.522. The smallest absolute Gasteiger partial charge is 0.326 e. The third kappa shape index (κ3) is 6.21. The molecule has 0 saturated heterocycles. The summed E-state index contributed by atoms with van der Waals surface area (Å²) < 4.78 is 0. The van der Waals surface area contributed by atoms with Crippen LogP contribution in [0, 0.1) is 0 Å². The third-order valence-electron chi connectivity index (χ3n) is 3.09. The minimum absolute atomic E-state index is 0.0217. The molecule has 112 valence electrons. The number of allylic oxidation sites excluding steroid dienone is 1. The Hall–Kier alpha value is -2.05. The highest BCUT2D eigenvalue weighted by Gasteiger charge is 2.21. The summed E-state index contributed by atoms with van der Waals surface area (Å²) in [5, 5.41) is 22.6. The highest BCUT2D eigenvalue weighted by Crippen LogP contribution is 2.10. The van der Waals surface area contributed by atoms with Gasteiger partial charge in [-0.25, -0.2) is 9.59 Å². The van der Waals surface area contributed by atoms with E-state index in [4.69, 9.17) is 10.2 Å². The van der Waals surface area contributed by atoms with E-state index in [1.807, 2.05) is 12.2 Å². The number of hydrogen-bond donors (Lipinski definition) is 4. The van der Waals surface area contributed by atoms with E-state index in [9.17, 15) is 14.4 Å². The van der Waals surface area contributed by atoms with Crippen molar-refractivity contribution in [3.63, 3.8) is 0 Å². The fourth-order valence-corrected chi connectivity index (χ4v) is 2.02. The number of carbonyl (C=O) groups is 3. The number of urea groups is 1. The van der Waals surface area contributed by atoms with E-state index in [-0.39, 0.29) is 25.3 Å². The van der Waals surface area contributed by atoms with Gasteiger partial charge in [0, 0.05) is 12.5 Å². The zero-order chi connectivity index (χ0) is 15.0. The van der Waals surface area contributed by atoms with Crippen LogP contribution in [0.4, 0.5) is 4.79 Å². The summed E-state index contributed by atoms with van der Waals surface area (Å²) in [6, 6.07) is -1.56. The van der Waals surface area contributed by atoms with Crippen molar-refractivity contribution in [2.75, 3.05) is 0 Å². The first-order chi connectivity index (χ1) is 9.49. The number of amides is 2. The molecule has 4 N–H and O–H groups in total. The van der Waals surface area contributed by atoms with Gasteiger partial charge in [0.15, 0.2) is 0 Å². The van der Waals surface area contributed by atoms with E-state index in [1.54, 1.807) is 0 Å². The number of rotatable bonds is 7. The molecular weight excluding hydrogens is 264 g/mol. The minimum atomic E-state index is -1.16. The van der Waals surface area contributed by atoms with Gasteiger partial charge in [-0.1, -0.05) is 12.2 Å². The highest BCUT2D eigenvalue weighted by atomic mass is 16.4. The monoisotopic (exact) mass is 284 g/mol. The molecule has 0 spiro atoms. The normalized spacial score (nSPS) is 19.1. The van der Waals surface area contributed by atoms with Crippen molar-refractivity contribution in [2.24, 2.45) is 0 Å². The van der Waals surface area contributed by atoms with Crippen molar-refractivity contribution in [1.82, 2.24) is 10.6 Å². The van der Waals surface area contributed by atoms with Crippen LogP contribution < -0.4 is 10.6 Å². The molecule has 0 aromatic heterocycles. The number of carbonyl (C=O) groups excluding carboxylic acids is 1. The summed E-state index contributed by atoms with van der Waals surface area (Å²) in [6.45, 7) is 0. The van der Waals surface area contributed by atoms with Crippen LogP contribution in [0.1, 0.15) is 38.5 Å². The van der Waals surface area contributed by atoms with Crippen LogP contribution in [-0.2, 0) is 9.59 Å². The second-order valence-electron chi connectivity index (χ2n) is 4.78. The molecule has 1 rings (SSSR count). The van der Waals surface area contributed by atoms with Crippen molar-refractivity contribution in [3.05, 3.63) is 12.2 Å². The van der Waals surface area contributed by atoms with Crippen LogP contribution in [0.2, 0.25) is 0 Å². The average Bonchev–Trinajstić information content (AvgIpc) is 2.38. The van der Waals surface area contributed by atoms with E-state index >= 15 is 0 Å². The molecule has 7 nitrogen and oxygen atoms in total. The van der Waals surface area contributed by atoms with Gasteiger partial charge >= 0.3 is 18.0 Å². The molecule has 1 aliphatic rings. The second kappa shape index (κ2) is 8.19. The zero-order valence-corrected chi connectivity index (χ0v) is 11.2. The number of hydrogen-bond acceptors (Lipinski definition) is 3. The molecule has 0 saturated carbocycles. The molecule has 20 heavy (non-hydrogen) atoms. The Morgan fingerprint density at radius 2 is 2.00 bits per heavy atom. The summed E-state index contributed by atoms with van der Waals surface area (Å²) in [5.74, 6) is -2.14. The lowest BCUT2D eigenvalue weighted by atomic mass is 10.0. The predicted molar refractivity (Wildman–Crippen MR) is 71.4 cm³/mol. The van der Waals surface area contributed by atoms with Gasteiger partial charge in [0.2, 0.25) is 0 Å². The Morgan fingerprint density at radius 3 is 2.55 bits per heavy atom. The van der Waals surface area contributed by atoms with Crippen LogP contribution in [-0.4, -0.2) is 40.3 Å². The standard InChI is InChI=1S/C13H20N2O5/c16-11(17)8-4-7-10(12(18)19)15-13(20)14-9-5-2-1-3-6-9/h1-2,9-10H,3-8H2,(H,16,17)(H,18,19)(H2,14,15,20)/t9?,10-/m1/s1. The zero-order valence-electron chi connectivity index (χ0n) is 11.2. The summed E-state index contributed by atoms with van der Waals surface area (Å²) in [5.41, 5.74) is 0. The van der Waals surface area contributed by atoms with Crippen molar-refractivity contribution < 1.29 is 24.6 Å². The number of nitrogens with one attached hydrogen (secondary N) is 2. The molecule has 0 bridgehead atoms. The third-order valence-corrected chi connectivity index (χ3v) is 3.09. The predicted octanol–water partition coefficient (Wildman–Crippen LogP) is 1.10. The molecule has 2 amide bonds. The molecule has 0 aromatic carbocycles. The fourth-order valence-electron chi connectivity index (χ4n) is 2.02. The van der Waals surface area contributed by atoms with Gasteiger partial charge in [-0.05, 0) is 32.1 Å². The number of carboxylic acids is 2. The maximum atomic E-state index is 11.7. The van der Waals surface area contributed by atoms with E-state index in [1.165, 1.54) is 0 Å². The van der Waals surface area contributed by atoms with E-state index in [0.717, 1.165) is 19.3 Å². The SMILES string of the molecule is O=C(O)CCC[C@@H](NC(=O)NC1CC=CCC1)C(=O)O. The summed E-state index contributed by atoms with van der Waals surface area (Å²) in [7, 11) is 0. The topological polar surface area (TPSA) is 116 Å². The molecule has 0 fully saturated rings. The van der Waals surface area contributed by atoms with Crippen LogP contribution >= 0.6 is 0 Å². The average molecular weight is 284 g/mol. The van der Waals surface area contributed by atoms with Crippen LogP contribution in [0.3, 0.4) is 0 Å². The van der Waals surface area contributed by atoms with Crippen LogP contribution in [0.5, 0.6) is 0 Å². The Balaban J connectivity index is 2.35. The molecular formula is C13H20N2O5. The Bertz CT molecular complexity index is 394. The summed E-state index contributed by atoms with van der Waals surface area (Å²) >= 11 is 0. The van der Waals surface area contributed by atoms with E-state index in [2.05, 4.69) is 10.6 Å². The summed E-state index contributed by atoms with van der Waals surface area (Å²) in [4.78, 5) is 33.1. The van der Waals surface area contributed by atoms with E-state index in [0.29, 0.717) is 0 Å². The Morgan fingerprint density at radius 1 is 1.25 bits per heavy atom. The van der Waals surface area contributed by atoms with Gasteiger partial charge in [-0.2, -0.15) is 0 Å². The molecule has 0 heterocycles. The molecule has 1 aliphatic carbocycles. The highest BCUT2D eigenvalue weighted by molar-refractivity contribution is 5.82. The largest absolute Gasteiger partial charge is 0.481 e. The van der Waals surface area contributed by atoms with Crippen LogP contribution in [0.15, 0.2) is 12.2 Å². The lowest BCUT2D eigenvalue weighted by Gasteiger charge is -2.21. The molecule has 0 aliphatic heterocycles. The maximum absolute atomic E-state index is 11.7. The molecule has 7 heteroatoms. The van der Waals surface area contributed by atoms with E-state index < -0.39 is 24.0 Å². The lowest BCUT2D eigenvalue weighted by molar-refractivity contribution is -0.140. The fraction of sp³-hybridized carbons (Fsp3) is 0.615. The molecule has 1 unspecified atom stereocenters. The van der Waals surface area contributed by atoms with Gasteiger partial charge in [0.25, 0.3) is 0 Å². The second-order valence-corrected chi connectivity index (χ2v) is 4.78. The van der Waals surface area contributed by atoms with Crippen molar-refractivity contribution >= 4 is 18.0 Å². The molecule has 2 atom stereocenters. The first kappa shape index (κ1) is 16.0. The first-order valence-corrected chi connectivity index (χ1v) is 6.65. The van der Waals surface area contributed by atoms with Gasteiger partial charge in [-0.3, -0.25) is 4.79 Å². The number of carboxylic acid groups (broad SMARTS) is 2. The number of aliphatic carboxylic acids is 2. The van der Waals surface area contributed by atoms with Crippen LogP contribution in [0.25, 0.3) is 0 Å². The first-order valence-electron chi connectivity index (χ1n) is 6.65. The molecule has 0 aromatic rings. The van der Waals surface area contributed by atoms with Gasteiger partial charge in [-0.15, -0.1) is 0 Å². The maximum Gasteiger partial charge on any atom is 0.326 e. The summed E-state index contributed by atoms with van der Waals surface area (Å²) in [6.07, 6.45) is 6.69. The van der Waals surface area contributed by atoms with Crippen molar-refractivity contribution in [2.45, 2.75) is 50.6 Å². The minimum Gasteiger partial charge on any atom is -0.481 e. The Labute approximate surface area is 117 Å².